The van der Waals surface area contributed by atoms with Gasteiger partial charge in [0.2, 0.25) is 0 Å². The quantitative estimate of drug-likeness (QED) is 0.700. The van der Waals surface area contributed by atoms with E-state index < -0.39 is 5.97 Å². The van der Waals surface area contributed by atoms with E-state index in [0.717, 1.165) is 12.1 Å². The summed E-state index contributed by atoms with van der Waals surface area (Å²) in [7, 11) is 1.79. The minimum atomic E-state index is -0.759. The average molecular weight is 169 g/mol. The molecular weight excluding hydrogens is 158 g/mol. The topological polar surface area (TPSA) is 68.0 Å². The third kappa shape index (κ3) is 2.34. The first-order valence-electron chi connectivity index (χ1n) is 3.75. The Hall–Kier alpha value is -1.39. The van der Waals surface area contributed by atoms with Gasteiger partial charge in [-0.25, -0.2) is 0 Å². The van der Waals surface area contributed by atoms with Gasteiger partial charge in [-0.05, 0) is 12.8 Å². The molecule has 66 valence electrons. The number of rotatable bonds is 4. The van der Waals surface area contributed by atoms with Crippen molar-refractivity contribution in [1.82, 2.24) is 15.0 Å². The molecule has 0 bridgehead atoms. The van der Waals surface area contributed by atoms with Crippen LogP contribution in [0.25, 0.3) is 0 Å². The van der Waals surface area contributed by atoms with Crippen LogP contribution in [0.5, 0.6) is 0 Å². The van der Waals surface area contributed by atoms with Crippen molar-refractivity contribution in [2.75, 3.05) is 0 Å². The molecule has 0 aliphatic carbocycles. The Balaban J connectivity index is 2.33. The van der Waals surface area contributed by atoms with Crippen LogP contribution in [0.2, 0.25) is 0 Å². The highest BCUT2D eigenvalue weighted by Gasteiger charge is 2.01. The van der Waals surface area contributed by atoms with Gasteiger partial charge in [-0.2, -0.15) is 0 Å². The fourth-order valence-electron chi connectivity index (χ4n) is 0.958. The lowest BCUT2D eigenvalue weighted by molar-refractivity contribution is -0.137. The number of aryl methyl sites for hydroxylation is 2. The van der Waals surface area contributed by atoms with Gasteiger partial charge in [-0.1, -0.05) is 5.21 Å². The normalized spacial score (nSPS) is 10.1. The molecule has 5 heteroatoms. The van der Waals surface area contributed by atoms with Crippen molar-refractivity contribution in [3.8, 4) is 0 Å². The number of hydrogen-bond donors (Lipinski definition) is 1. The molecule has 1 aromatic rings. The summed E-state index contributed by atoms with van der Waals surface area (Å²) >= 11 is 0. The van der Waals surface area contributed by atoms with Gasteiger partial charge in [0, 0.05) is 13.5 Å². The Morgan fingerprint density at radius 1 is 1.75 bits per heavy atom. The van der Waals surface area contributed by atoms with E-state index in [0.29, 0.717) is 6.42 Å². The van der Waals surface area contributed by atoms with Gasteiger partial charge in [0.15, 0.2) is 0 Å². The van der Waals surface area contributed by atoms with Crippen molar-refractivity contribution in [3.63, 3.8) is 0 Å². The molecule has 1 N–H and O–H groups in total. The molecule has 0 radical (unpaired) electrons. The van der Waals surface area contributed by atoms with Gasteiger partial charge >= 0.3 is 5.97 Å². The van der Waals surface area contributed by atoms with Crippen LogP contribution < -0.4 is 0 Å². The lowest BCUT2D eigenvalue weighted by atomic mass is 10.2. The van der Waals surface area contributed by atoms with Crippen LogP contribution in [0.3, 0.4) is 0 Å². The van der Waals surface area contributed by atoms with Crippen LogP contribution in [-0.4, -0.2) is 26.1 Å². The van der Waals surface area contributed by atoms with Crippen molar-refractivity contribution in [3.05, 3.63) is 11.9 Å². The Kier molecular flexibility index (Phi) is 2.79. The van der Waals surface area contributed by atoms with Crippen molar-refractivity contribution in [1.29, 1.82) is 0 Å². The summed E-state index contributed by atoms with van der Waals surface area (Å²) in [5.74, 6) is -0.759. The van der Waals surface area contributed by atoms with E-state index in [-0.39, 0.29) is 6.42 Å². The summed E-state index contributed by atoms with van der Waals surface area (Å²) in [6.45, 7) is 0. The van der Waals surface area contributed by atoms with E-state index >= 15 is 0 Å². The van der Waals surface area contributed by atoms with Crippen LogP contribution >= 0.6 is 0 Å². The zero-order valence-corrected chi connectivity index (χ0v) is 6.90. The molecule has 0 aromatic carbocycles. The Morgan fingerprint density at radius 3 is 3.00 bits per heavy atom. The summed E-state index contributed by atoms with van der Waals surface area (Å²) in [6, 6.07) is 0. The van der Waals surface area contributed by atoms with E-state index in [4.69, 9.17) is 5.11 Å². The fourth-order valence-corrected chi connectivity index (χ4v) is 0.958. The molecule has 0 spiro atoms. The van der Waals surface area contributed by atoms with Crippen LogP contribution in [0, 0.1) is 0 Å². The molecule has 1 rings (SSSR count). The molecule has 0 atom stereocenters. The van der Waals surface area contributed by atoms with Crippen molar-refractivity contribution < 1.29 is 9.90 Å². The van der Waals surface area contributed by atoms with E-state index in [2.05, 4.69) is 10.3 Å². The third-order valence-corrected chi connectivity index (χ3v) is 1.63. The zero-order valence-electron chi connectivity index (χ0n) is 6.90. The van der Waals surface area contributed by atoms with Crippen LogP contribution in [0.1, 0.15) is 18.5 Å². The van der Waals surface area contributed by atoms with Crippen LogP contribution in [0.4, 0.5) is 0 Å². The maximum atomic E-state index is 10.2. The van der Waals surface area contributed by atoms with E-state index in [9.17, 15) is 4.79 Å². The van der Waals surface area contributed by atoms with Gasteiger partial charge in [0.1, 0.15) is 0 Å². The predicted molar refractivity (Wildman–Crippen MR) is 41.6 cm³/mol. The second-order valence-corrected chi connectivity index (χ2v) is 2.60. The Morgan fingerprint density at radius 2 is 2.50 bits per heavy atom. The van der Waals surface area contributed by atoms with Crippen molar-refractivity contribution in [2.45, 2.75) is 19.3 Å². The molecular formula is C7H11N3O2. The smallest absolute Gasteiger partial charge is 0.303 e. The van der Waals surface area contributed by atoms with Gasteiger partial charge in [-0.15, -0.1) is 5.10 Å². The number of carboxylic acids is 1. The van der Waals surface area contributed by atoms with E-state index in [1.807, 2.05) is 0 Å². The summed E-state index contributed by atoms with van der Waals surface area (Å²) in [5, 5.41) is 15.8. The molecule has 0 amide bonds. The highest BCUT2D eigenvalue weighted by Crippen LogP contribution is 2.01. The Labute approximate surface area is 70.0 Å². The minimum Gasteiger partial charge on any atom is -0.481 e. The lowest BCUT2D eigenvalue weighted by Crippen LogP contribution is -2.00. The minimum absolute atomic E-state index is 0.200. The highest BCUT2D eigenvalue weighted by atomic mass is 16.4. The number of nitrogens with zero attached hydrogens (tertiary/aromatic N) is 3. The second kappa shape index (κ2) is 3.85. The first kappa shape index (κ1) is 8.70. The van der Waals surface area contributed by atoms with Gasteiger partial charge in [0.05, 0.1) is 11.9 Å². The van der Waals surface area contributed by atoms with Crippen LogP contribution in [-0.2, 0) is 18.3 Å². The number of hydrogen-bond acceptors (Lipinski definition) is 3. The second-order valence-electron chi connectivity index (χ2n) is 2.60. The third-order valence-electron chi connectivity index (χ3n) is 1.63. The van der Waals surface area contributed by atoms with Gasteiger partial charge in [-0.3, -0.25) is 9.48 Å². The summed E-state index contributed by atoms with van der Waals surface area (Å²) in [4.78, 5) is 10.2. The van der Waals surface area contributed by atoms with Crippen LogP contribution in [0.15, 0.2) is 6.20 Å². The zero-order chi connectivity index (χ0) is 8.97. The first-order chi connectivity index (χ1) is 5.70. The SMILES string of the molecule is Cn1nncc1CCCC(=O)O. The fraction of sp³-hybridized carbons (Fsp3) is 0.571. The summed E-state index contributed by atoms with van der Waals surface area (Å²) in [5.41, 5.74) is 0.969. The average Bonchev–Trinajstić information content (AvgIpc) is 2.36. The molecule has 0 unspecified atom stereocenters. The standard InChI is InChI=1S/C7H11N3O2/c1-10-6(5-8-9-10)3-2-4-7(11)12/h5H,2-4H2,1H3,(H,11,12). The van der Waals surface area contributed by atoms with Crippen molar-refractivity contribution in [2.24, 2.45) is 7.05 Å². The monoisotopic (exact) mass is 169 g/mol. The molecule has 0 saturated heterocycles. The van der Waals surface area contributed by atoms with E-state index in [1.165, 1.54) is 0 Å². The number of carbonyl (C=O) groups is 1. The number of aromatic nitrogens is 3. The van der Waals surface area contributed by atoms with E-state index in [1.54, 1.807) is 17.9 Å². The molecule has 0 aliphatic heterocycles. The number of carboxylic acid groups (broad SMARTS) is 1. The molecule has 12 heavy (non-hydrogen) atoms. The van der Waals surface area contributed by atoms with Gasteiger partial charge < -0.3 is 5.11 Å². The maximum Gasteiger partial charge on any atom is 0.303 e. The molecule has 1 heterocycles. The molecule has 5 nitrogen and oxygen atoms in total. The largest absolute Gasteiger partial charge is 0.481 e. The predicted octanol–water partition coefficient (Wildman–Crippen LogP) is 0.222. The summed E-state index contributed by atoms with van der Waals surface area (Å²) < 4.78 is 1.65. The van der Waals surface area contributed by atoms with Crippen molar-refractivity contribution >= 4 is 5.97 Å². The first-order valence-corrected chi connectivity index (χ1v) is 3.75. The summed E-state index contributed by atoms with van der Waals surface area (Å²) in [6.07, 6.45) is 3.21. The molecule has 0 saturated carbocycles. The van der Waals surface area contributed by atoms with Gasteiger partial charge in [0.25, 0.3) is 0 Å². The molecule has 0 fully saturated rings. The number of aliphatic carboxylic acids is 1. The molecule has 1 aromatic heterocycles. The lowest BCUT2D eigenvalue weighted by Gasteiger charge is -1.97. The Bertz CT molecular complexity index is 269. The molecule has 0 aliphatic rings. The highest BCUT2D eigenvalue weighted by molar-refractivity contribution is 5.66. The maximum absolute atomic E-state index is 10.2.